The van der Waals surface area contributed by atoms with Gasteiger partial charge in [0.25, 0.3) is 5.91 Å². The summed E-state index contributed by atoms with van der Waals surface area (Å²) in [6.07, 6.45) is 3.93. The summed E-state index contributed by atoms with van der Waals surface area (Å²) < 4.78 is 39.6. The van der Waals surface area contributed by atoms with Gasteiger partial charge in [0.2, 0.25) is 5.43 Å². The zero-order valence-electron chi connectivity index (χ0n) is 19.9. The molecule has 1 saturated heterocycles. The number of aromatic nitrogens is 1. The third kappa shape index (κ3) is 4.99. The lowest BCUT2D eigenvalue weighted by Crippen LogP contribution is -2.55. The van der Waals surface area contributed by atoms with Crippen molar-refractivity contribution in [2.75, 3.05) is 24.8 Å². The molecule has 1 atom stereocenters. The van der Waals surface area contributed by atoms with Crippen LogP contribution >= 0.6 is 0 Å². The fourth-order valence-electron chi connectivity index (χ4n) is 4.68. The van der Waals surface area contributed by atoms with Crippen LogP contribution < -0.4 is 10.4 Å². The number of aryl methyl sites for hydroxylation is 1. The van der Waals surface area contributed by atoms with Crippen LogP contribution in [0.5, 0.6) is 5.75 Å². The van der Waals surface area contributed by atoms with Gasteiger partial charge in [-0.15, -0.1) is 0 Å². The summed E-state index contributed by atoms with van der Waals surface area (Å²) in [4.78, 5) is 40.8. The maximum Gasteiger partial charge on any atom is 0.277 e. The number of ketones is 1. The van der Waals surface area contributed by atoms with Gasteiger partial charge in [0.1, 0.15) is 24.1 Å². The molecule has 5 rings (SSSR count). The number of nitrogens with zero attached hydrogens (tertiary/aromatic N) is 3. The second-order valence-electron chi connectivity index (χ2n) is 9.12. The van der Waals surface area contributed by atoms with Crippen LogP contribution in [0.4, 0.5) is 8.78 Å². The van der Waals surface area contributed by atoms with Crippen LogP contribution in [0.25, 0.3) is 0 Å². The van der Waals surface area contributed by atoms with Crippen LogP contribution in [0.15, 0.2) is 52.0 Å². The predicted octanol–water partition coefficient (Wildman–Crippen LogP) is 2.97. The Hall–Kier alpha value is -3.99. The van der Waals surface area contributed by atoms with Crippen LogP contribution in [0.2, 0.25) is 0 Å². The highest BCUT2D eigenvalue weighted by molar-refractivity contribution is 6.00. The molecule has 0 spiro atoms. The molecule has 2 aromatic heterocycles. The van der Waals surface area contributed by atoms with Crippen molar-refractivity contribution in [3.8, 4) is 5.75 Å². The number of hydrogen-bond acceptors (Lipinski definition) is 7. The Morgan fingerprint density at radius 1 is 1.19 bits per heavy atom. The van der Waals surface area contributed by atoms with E-state index in [9.17, 15) is 28.3 Å². The van der Waals surface area contributed by atoms with Crippen molar-refractivity contribution in [3.63, 3.8) is 0 Å². The van der Waals surface area contributed by atoms with Gasteiger partial charge in [-0.05, 0) is 43.0 Å². The molecule has 2 aliphatic heterocycles. The lowest BCUT2D eigenvalue weighted by atomic mass is 10.0. The van der Waals surface area contributed by atoms with Crippen molar-refractivity contribution >= 4 is 11.7 Å². The van der Waals surface area contributed by atoms with Gasteiger partial charge >= 0.3 is 0 Å². The van der Waals surface area contributed by atoms with Crippen molar-refractivity contribution < 1.29 is 32.6 Å². The van der Waals surface area contributed by atoms with E-state index >= 15 is 0 Å². The Bertz CT molecular complexity index is 1380. The van der Waals surface area contributed by atoms with Crippen LogP contribution in [-0.2, 0) is 17.7 Å². The fourth-order valence-corrected chi connectivity index (χ4v) is 4.68. The summed E-state index contributed by atoms with van der Waals surface area (Å²) in [5, 5.41) is 12.5. The number of fused-ring (bicyclic) bond motifs is 1. The number of ether oxygens (including phenoxy) is 1. The Morgan fingerprint density at radius 3 is 2.73 bits per heavy atom. The van der Waals surface area contributed by atoms with Gasteiger partial charge in [-0.2, -0.15) is 0 Å². The smallest absolute Gasteiger partial charge is 0.277 e. The third-order valence-electron chi connectivity index (χ3n) is 6.60. The van der Waals surface area contributed by atoms with E-state index in [2.05, 4.69) is 0 Å². The standard InChI is InChI=1S/C26H25F2N3O6/c27-17-7-5-16(21(28)11-17)6-8-22(32)20-14-31-23(25(34)24(20)33)26(35)29(12-18-3-1-9-36-18)15-30(31)13-19-4-2-10-37-19/h2,4-5,7,10-11,14,18,34H,1,3,6,8-9,12-13,15H2/t18-/m0/s1. The first-order chi connectivity index (χ1) is 17.8. The molecule has 0 saturated carbocycles. The third-order valence-corrected chi connectivity index (χ3v) is 6.60. The summed E-state index contributed by atoms with van der Waals surface area (Å²) in [5.74, 6) is -3.01. The number of carbonyl (C=O) groups is 2. The van der Waals surface area contributed by atoms with Crippen LogP contribution in [-0.4, -0.2) is 52.3 Å². The molecule has 1 amide bonds. The number of pyridine rings is 1. The molecular weight excluding hydrogens is 488 g/mol. The number of carbonyl (C=O) groups excluding carboxylic acids is 2. The van der Waals surface area contributed by atoms with E-state index in [-0.39, 0.29) is 55.5 Å². The number of halogens is 2. The van der Waals surface area contributed by atoms with Crippen molar-refractivity contribution in [1.29, 1.82) is 0 Å². The number of furan rings is 1. The maximum atomic E-state index is 14.0. The van der Waals surface area contributed by atoms with E-state index in [1.54, 1.807) is 17.1 Å². The monoisotopic (exact) mass is 513 g/mol. The number of benzene rings is 1. The second-order valence-corrected chi connectivity index (χ2v) is 9.12. The quantitative estimate of drug-likeness (QED) is 0.462. The topological polar surface area (TPSA) is 105 Å². The van der Waals surface area contributed by atoms with Crippen molar-refractivity contribution in [2.24, 2.45) is 0 Å². The molecular formula is C26H25F2N3O6. The molecule has 0 unspecified atom stereocenters. The first-order valence-corrected chi connectivity index (χ1v) is 12.0. The van der Waals surface area contributed by atoms with Gasteiger partial charge in [-0.25, -0.2) is 8.78 Å². The first-order valence-electron chi connectivity index (χ1n) is 12.0. The maximum absolute atomic E-state index is 14.0. The largest absolute Gasteiger partial charge is 0.502 e. The Morgan fingerprint density at radius 2 is 2.03 bits per heavy atom. The average Bonchev–Trinajstić information content (AvgIpc) is 3.57. The van der Waals surface area contributed by atoms with Crippen LogP contribution in [0.3, 0.4) is 0 Å². The number of amides is 1. The minimum Gasteiger partial charge on any atom is -0.502 e. The zero-order chi connectivity index (χ0) is 26.1. The van der Waals surface area contributed by atoms with E-state index in [0.717, 1.165) is 25.0 Å². The molecule has 194 valence electrons. The van der Waals surface area contributed by atoms with Crippen LogP contribution in [0.1, 0.15) is 51.4 Å². The Labute approximate surface area is 210 Å². The molecule has 0 radical (unpaired) electrons. The summed E-state index contributed by atoms with van der Waals surface area (Å²) in [6.45, 7) is 1.18. The van der Waals surface area contributed by atoms with E-state index in [1.165, 1.54) is 28.1 Å². The Balaban J connectivity index is 1.47. The SMILES string of the molecule is O=C(CCc1ccc(F)cc1F)c1cn2c(c(O)c1=O)C(=O)N(C[C@@H]1CCCO1)CN2Cc1ccco1. The zero-order valence-corrected chi connectivity index (χ0v) is 19.9. The van der Waals surface area contributed by atoms with Gasteiger partial charge in [0.05, 0.1) is 24.5 Å². The van der Waals surface area contributed by atoms with Gasteiger partial charge in [0.15, 0.2) is 17.2 Å². The van der Waals surface area contributed by atoms with Gasteiger partial charge in [-0.3, -0.25) is 24.1 Å². The summed E-state index contributed by atoms with van der Waals surface area (Å²) in [7, 11) is 0. The molecule has 2 aliphatic rings. The fraction of sp³-hybridized carbons (Fsp3) is 0.346. The van der Waals surface area contributed by atoms with Gasteiger partial charge < -0.3 is 19.2 Å². The predicted molar refractivity (Wildman–Crippen MR) is 127 cm³/mol. The highest BCUT2D eigenvalue weighted by Gasteiger charge is 2.36. The molecule has 3 aromatic rings. The minimum absolute atomic E-state index is 0.0723. The number of aromatic hydroxyl groups is 1. The van der Waals surface area contributed by atoms with Crippen molar-refractivity contribution in [3.05, 3.63) is 87.2 Å². The lowest BCUT2D eigenvalue weighted by molar-refractivity contribution is 0.0453. The molecule has 4 heterocycles. The van der Waals surface area contributed by atoms with Gasteiger partial charge in [0, 0.05) is 31.8 Å². The average molecular weight is 513 g/mol. The molecule has 9 nitrogen and oxygen atoms in total. The molecule has 0 aliphatic carbocycles. The van der Waals surface area contributed by atoms with E-state index < -0.39 is 34.5 Å². The second kappa shape index (κ2) is 10.2. The van der Waals surface area contributed by atoms with E-state index in [1.807, 2.05) is 0 Å². The molecule has 37 heavy (non-hydrogen) atoms. The Kier molecular flexibility index (Phi) is 6.79. The normalized spacial score (nSPS) is 17.4. The van der Waals surface area contributed by atoms with Gasteiger partial charge in [-0.1, -0.05) is 6.07 Å². The molecule has 1 fully saturated rings. The molecule has 0 bridgehead atoms. The number of hydrogen-bond donors (Lipinski definition) is 1. The van der Waals surface area contributed by atoms with Crippen LogP contribution in [0, 0.1) is 11.6 Å². The summed E-state index contributed by atoms with van der Waals surface area (Å²) in [5.41, 5.74) is -1.46. The highest BCUT2D eigenvalue weighted by Crippen LogP contribution is 2.25. The molecule has 1 aromatic carbocycles. The highest BCUT2D eigenvalue weighted by atomic mass is 19.1. The van der Waals surface area contributed by atoms with E-state index in [0.29, 0.717) is 12.4 Å². The summed E-state index contributed by atoms with van der Waals surface area (Å²) >= 11 is 0. The van der Waals surface area contributed by atoms with Crippen molar-refractivity contribution in [1.82, 2.24) is 9.58 Å². The minimum atomic E-state index is -0.985. The lowest BCUT2D eigenvalue weighted by Gasteiger charge is -2.40. The van der Waals surface area contributed by atoms with E-state index in [4.69, 9.17) is 9.15 Å². The summed E-state index contributed by atoms with van der Waals surface area (Å²) in [6, 6.07) is 6.50. The van der Waals surface area contributed by atoms with Crippen molar-refractivity contribution in [2.45, 2.75) is 38.3 Å². The number of rotatable bonds is 8. The number of Topliss-reactive ketones (excluding diaryl/α,β-unsaturated/α-hetero) is 1. The first kappa shape index (κ1) is 24.7. The molecule has 11 heteroatoms. The molecule has 1 N–H and O–H groups in total.